The molecule has 0 saturated carbocycles. The second-order valence-electron chi connectivity index (χ2n) is 6.02. The lowest BCUT2D eigenvalue weighted by Crippen LogP contribution is -2.31. The van der Waals surface area contributed by atoms with Crippen molar-refractivity contribution in [2.24, 2.45) is 0 Å². The fourth-order valence-electron chi connectivity index (χ4n) is 2.82. The highest BCUT2D eigenvalue weighted by Crippen LogP contribution is 2.38. The smallest absolute Gasteiger partial charge is 0.234 e. The molecule has 2 aromatic rings. The minimum atomic E-state index is -0.426. The Hall–Kier alpha value is -2.27. The highest BCUT2D eigenvalue weighted by molar-refractivity contribution is 9.10. The van der Waals surface area contributed by atoms with Crippen LogP contribution in [0.3, 0.4) is 0 Å². The monoisotopic (exact) mass is 475 g/mol. The Morgan fingerprint density at radius 2 is 2.00 bits per heavy atom. The van der Waals surface area contributed by atoms with Gasteiger partial charge in [-0.2, -0.15) is 5.26 Å². The molecule has 0 aliphatic carbocycles. The van der Waals surface area contributed by atoms with E-state index in [0.29, 0.717) is 21.3 Å². The molecule has 2 aromatic carbocycles. The van der Waals surface area contributed by atoms with E-state index in [1.165, 1.54) is 0 Å². The number of nitrogens with one attached hydrogen (secondary N) is 2. The Labute approximate surface area is 180 Å². The molecule has 8 heteroatoms. The standard InChI is InChI=1S/C20H15BrClN3O2S/c21-12-5-7-13(8-6-12)24-19(27)11-28-20-16(10-23)15(9-18(26)25-20)14-3-1-2-4-17(14)22/h1-8,15H,9,11H2,(H,24,27)(H,25,26). The third kappa shape index (κ3) is 4.96. The van der Waals surface area contributed by atoms with E-state index in [9.17, 15) is 14.9 Å². The van der Waals surface area contributed by atoms with Crippen molar-refractivity contribution in [2.45, 2.75) is 12.3 Å². The van der Waals surface area contributed by atoms with E-state index < -0.39 is 5.92 Å². The average molecular weight is 477 g/mol. The van der Waals surface area contributed by atoms with E-state index in [-0.39, 0.29) is 24.0 Å². The SMILES string of the molecule is N#CC1=C(SCC(=O)Nc2ccc(Br)cc2)NC(=O)CC1c1ccccc1Cl. The molecular weight excluding hydrogens is 462 g/mol. The largest absolute Gasteiger partial charge is 0.325 e. The van der Waals surface area contributed by atoms with Gasteiger partial charge in [-0.15, -0.1) is 0 Å². The van der Waals surface area contributed by atoms with E-state index in [2.05, 4.69) is 32.6 Å². The number of thioether (sulfide) groups is 1. The maximum atomic E-state index is 12.2. The molecule has 1 aliphatic rings. The van der Waals surface area contributed by atoms with Gasteiger partial charge in [0.15, 0.2) is 0 Å². The van der Waals surface area contributed by atoms with Gasteiger partial charge in [0.2, 0.25) is 11.8 Å². The van der Waals surface area contributed by atoms with Gasteiger partial charge in [-0.25, -0.2) is 0 Å². The van der Waals surface area contributed by atoms with Gasteiger partial charge in [-0.3, -0.25) is 9.59 Å². The lowest BCUT2D eigenvalue weighted by atomic mass is 9.87. The molecule has 0 bridgehead atoms. The molecule has 0 aromatic heterocycles. The zero-order valence-electron chi connectivity index (χ0n) is 14.5. The average Bonchev–Trinajstić information content (AvgIpc) is 2.68. The molecule has 142 valence electrons. The van der Waals surface area contributed by atoms with Gasteiger partial charge in [-0.1, -0.05) is 57.5 Å². The number of anilines is 1. The summed E-state index contributed by atoms with van der Waals surface area (Å²) in [6.45, 7) is 0. The molecule has 2 amide bonds. The Balaban J connectivity index is 1.76. The first-order valence-corrected chi connectivity index (χ1v) is 10.5. The quantitative estimate of drug-likeness (QED) is 0.648. The molecular formula is C20H15BrClN3O2S. The van der Waals surface area contributed by atoms with Crippen molar-refractivity contribution in [1.29, 1.82) is 5.26 Å². The number of nitrogens with zero attached hydrogens (tertiary/aromatic N) is 1. The molecule has 1 heterocycles. The number of carbonyl (C=O) groups excluding carboxylic acids is 2. The summed E-state index contributed by atoms with van der Waals surface area (Å²) in [5.74, 6) is -0.804. The van der Waals surface area contributed by atoms with Crippen molar-refractivity contribution in [3.05, 3.63) is 74.2 Å². The Kier molecular flexibility index (Phi) is 6.79. The summed E-state index contributed by atoms with van der Waals surface area (Å²) in [6, 6.07) is 16.6. The van der Waals surface area contributed by atoms with Crippen LogP contribution in [-0.4, -0.2) is 17.6 Å². The van der Waals surface area contributed by atoms with Crippen molar-refractivity contribution in [2.75, 3.05) is 11.1 Å². The number of rotatable bonds is 5. The van der Waals surface area contributed by atoms with Crippen LogP contribution in [0.5, 0.6) is 0 Å². The van der Waals surface area contributed by atoms with E-state index in [1.807, 2.05) is 24.3 Å². The van der Waals surface area contributed by atoms with Gasteiger partial charge in [-0.05, 0) is 35.9 Å². The maximum absolute atomic E-state index is 12.2. The van der Waals surface area contributed by atoms with Crippen molar-refractivity contribution in [3.63, 3.8) is 0 Å². The Morgan fingerprint density at radius 3 is 2.68 bits per heavy atom. The van der Waals surface area contributed by atoms with Gasteiger partial charge >= 0.3 is 0 Å². The van der Waals surface area contributed by atoms with E-state index in [1.54, 1.807) is 24.3 Å². The van der Waals surface area contributed by atoms with Crippen LogP contribution in [0.1, 0.15) is 17.9 Å². The third-order valence-corrected chi connectivity index (χ3v) is 6.00. The van der Waals surface area contributed by atoms with Crippen LogP contribution in [-0.2, 0) is 9.59 Å². The summed E-state index contributed by atoms with van der Waals surface area (Å²) in [7, 11) is 0. The number of benzene rings is 2. The molecule has 2 N–H and O–H groups in total. The number of nitriles is 1. The van der Waals surface area contributed by atoms with E-state index in [0.717, 1.165) is 21.8 Å². The first-order valence-electron chi connectivity index (χ1n) is 8.34. The number of carbonyl (C=O) groups is 2. The number of hydrogen-bond donors (Lipinski definition) is 2. The van der Waals surface area contributed by atoms with Crippen LogP contribution in [0, 0.1) is 11.3 Å². The Morgan fingerprint density at radius 1 is 1.29 bits per heavy atom. The van der Waals surface area contributed by atoms with Crippen LogP contribution in [0.4, 0.5) is 5.69 Å². The molecule has 0 radical (unpaired) electrons. The van der Waals surface area contributed by atoms with Crippen LogP contribution in [0.2, 0.25) is 5.02 Å². The zero-order chi connectivity index (χ0) is 20.1. The molecule has 0 spiro atoms. The van der Waals surface area contributed by atoms with Crippen LogP contribution in [0.25, 0.3) is 0 Å². The van der Waals surface area contributed by atoms with Gasteiger partial charge < -0.3 is 10.6 Å². The summed E-state index contributed by atoms with van der Waals surface area (Å²) in [5, 5.41) is 16.1. The molecule has 0 fully saturated rings. The first-order chi connectivity index (χ1) is 13.5. The van der Waals surface area contributed by atoms with Crippen LogP contribution >= 0.6 is 39.3 Å². The van der Waals surface area contributed by atoms with Crippen LogP contribution in [0.15, 0.2) is 63.6 Å². The molecule has 1 atom stereocenters. The van der Waals surface area contributed by atoms with Gasteiger partial charge in [0, 0.05) is 27.5 Å². The molecule has 0 saturated heterocycles. The minimum Gasteiger partial charge on any atom is -0.325 e. The molecule has 1 unspecified atom stereocenters. The highest BCUT2D eigenvalue weighted by Gasteiger charge is 2.31. The lowest BCUT2D eigenvalue weighted by molar-refractivity contribution is -0.121. The number of allylic oxidation sites excluding steroid dienone is 1. The number of halogens is 2. The van der Waals surface area contributed by atoms with E-state index >= 15 is 0 Å². The number of hydrogen-bond acceptors (Lipinski definition) is 4. The first kappa shape index (κ1) is 20.5. The Bertz CT molecular complexity index is 986. The van der Waals surface area contributed by atoms with Gasteiger partial charge in [0.25, 0.3) is 0 Å². The molecule has 5 nitrogen and oxygen atoms in total. The second-order valence-corrected chi connectivity index (χ2v) is 8.33. The summed E-state index contributed by atoms with van der Waals surface area (Å²) >= 11 is 10.7. The molecule has 3 rings (SSSR count). The predicted molar refractivity (Wildman–Crippen MR) is 115 cm³/mol. The number of amides is 2. The predicted octanol–water partition coefficient (Wildman–Crippen LogP) is 4.81. The molecule has 28 heavy (non-hydrogen) atoms. The van der Waals surface area contributed by atoms with Crippen molar-refractivity contribution in [3.8, 4) is 6.07 Å². The fourth-order valence-corrected chi connectivity index (χ4v) is 4.23. The summed E-state index contributed by atoms with van der Waals surface area (Å²) in [5.41, 5.74) is 1.81. The maximum Gasteiger partial charge on any atom is 0.234 e. The van der Waals surface area contributed by atoms with Crippen molar-refractivity contribution < 1.29 is 9.59 Å². The lowest BCUT2D eigenvalue weighted by Gasteiger charge is -2.25. The minimum absolute atomic E-state index is 0.0616. The molecule has 1 aliphatic heterocycles. The van der Waals surface area contributed by atoms with Crippen LogP contribution < -0.4 is 10.6 Å². The summed E-state index contributed by atoms with van der Waals surface area (Å²) in [6.07, 6.45) is 0.141. The third-order valence-electron chi connectivity index (χ3n) is 4.11. The van der Waals surface area contributed by atoms with Gasteiger partial charge in [0.05, 0.1) is 22.4 Å². The normalized spacial score (nSPS) is 16.3. The summed E-state index contributed by atoms with van der Waals surface area (Å²) in [4.78, 5) is 24.4. The summed E-state index contributed by atoms with van der Waals surface area (Å²) < 4.78 is 0.916. The zero-order valence-corrected chi connectivity index (χ0v) is 17.7. The second kappa shape index (κ2) is 9.28. The van der Waals surface area contributed by atoms with E-state index in [4.69, 9.17) is 11.6 Å². The fraction of sp³-hybridized carbons (Fsp3) is 0.150. The topological polar surface area (TPSA) is 82.0 Å². The van der Waals surface area contributed by atoms with Crippen molar-refractivity contribution >= 4 is 56.8 Å². The highest BCUT2D eigenvalue weighted by atomic mass is 79.9. The van der Waals surface area contributed by atoms with Gasteiger partial charge in [0.1, 0.15) is 0 Å². The van der Waals surface area contributed by atoms with Crippen molar-refractivity contribution in [1.82, 2.24) is 5.32 Å².